The van der Waals surface area contributed by atoms with E-state index in [-0.39, 0.29) is 10.0 Å². The Kier molecular flexibility index (Phi) is 3.68. The third kappa shape index (κ3) is 3.27. The average molecular weight is 293 g/mol. The molecule has 0 aliphatic rings. The zero-order chi connectivity index (χ0) is 12.5. The zero-order valence-corrected chi connectivity index (χ0v) is 10.7. The molecule has 0 amide bonds. The molecule has 88 valence electrons. The predicted octanol–water partition coefficient (Wildman–Crippen LogP) is 3.68. The summed E-state index contributed by atoms with van der Waals surface area (Å²) in [4.78, 5) is 11.5. The fraction of sp³-hybridized carbons (Fsp3) is 0.364. The van der Waals surface area contributed by atoms with Crippen LogP contribution in [-0.4, -0.2) is 11.6 Å². The molecule has 0 unspecified atom stereocenters. The van der Waals surface area contributed by atoms with Crippen LogP contribution in [0.25, 0.3) is 0 Å². The highest BCUT2D eigenvalue weighted by Gasteiger charge is 2.22. The molecule has 1 aromatic carbocycles. The second-order valence-corrected chi connectivity index (χ2v) is 5.10. The van der Waals surface area contributed by atoms with E-state index in [4.69, 9.17) is 4.74 Å². The SMILES string of the molecule is CC(C)(C)OC(=O)c1cc(Br)c(F)cc1F. The van der Waals surface area contributed by atoms with Crippen molar-refractivity contribution in [1.82, 2.24) is 0 Å². The number of esters is 1. The molecule has 0 aliphatic carbocycles. The largest absolute Gasteiger partial charge is 0.456 e. The minimum absolute atomic E-state index is 0.0229. The average Bonchev–Trinajstić information content (AvgIpc) is 2.08. The Morgan fingerprint density at radius 3 is 2.31 bits per heavy atom. The smallest absolute Gasteiger partial charge is 0.341 e. The summed E-state index contributed by atoms with van der Waals surface area (Å²) in [5, 5.41) is 0. The van der Waals surface area contributed by atoms with Crippen LogP contribution >= 0.6 is 15.9 Å². The minimum Gasteiger partial charge on any atom is -0.456 e. The number of halogens is 3. The van der Waals surface area contributed by atoms with Crippen molar-refractivity contribution in [2.24, 2.45) is 0 Å². The van der Waals surface area contributed by atoms with Gasteiger partial charge in [0.15, 0.2) is 0 Å². The van der Waals surface area contributed by atoms with Crippen LogP contribution in [0.1, 0.15) is 31.1 Å². The van der Waals surface area contributed by atoms with Gasteiger partial charge >= 0.3 is 5.97 Å². The van der Waals surface area contributed by atoms with Crippen molar-refractivity contribution >= 4 is 21.9 Å². The second-order valence-electron chi connectivity index (χ2n) is 4.25. The van der Waals surface area contributed by atoms with E-state index >= 15 is 0 Å². The fourth-order valence-electron chi connectivity index (χ4n) is 1.01. The molecule has 0 saturated heterocycles. The number of hydrogen-bond acceptors (Lipinski definition) is 2. The molecule has 0 aromatic heterocycles. The Hall–Kier alpha value is -0.970. The Morgan fingerprint density at radius 1 is 1.25 bits per heavy atom. The Bertz CT molecular complexity index is 425. The fourth-order valence-corrected chi connectivity index (χ4v) is 1.36. The van der Waals surface area contributed by atoms with Gasteiger partial charge in [-0.25, -0.2) is 13.6 Å². The maximum atomic E-state index is 13.3. The van der Waals surface area contributed by atoms with E-state index in [2.05, 4.69) is 15.9 Å². The van der Waals surface area contributed by atoms with Crippen LogP contribution in [0.4, 0.5) is 8.78 Å². The molecule has 0 atom stereocenters. The van der Waals surface area contributed by atoms with Gasteiger partial charge in [0.05, 0.1) is 10.0 Å². The van der Waals surface area contributed by atoms with E-state index < -0.39 is 23.2 Å². The molecule has 16 heavy (non-hydrogen) atoms. The van der Waals surface area contributed by atoms with Gasteiger partial charge < -0.3 is 4.74 Å². The van der Waals surface area contributed by atoms with Crippen LogP contribution in [0.2, 0.25) is 0 Å². The Balaban J connectivity index is 3.05. The van der Waals surface area contributed by atoms with Gasteiger partial charge in [0, 0.05) is 6.07 Å². The van der Waals surface area contributed by atoms with Crippen molar-refractivity contribution < 1.29 is 18.3 Å². The molecule has 0 heterocycles. The van der Waals surface area contributed by atoms with Gasteiger partial charge in [0.25, 0.3) is 0 Å². The molecule has 1 rings (SSSR count). The lowest BCUT2D eigenvalue weighted by atomic mass is 10.1. The van der Waals surface area contributed by atoms with Crippen LogP contribution in [-0.2, 0) is 4.74 Å². The molecular formula is C11H11BrF2O2. The molecule has 5 heteroatoms. The van der Waals surface area contributed by atoms with Crippen LogP contribution in [0.3, 0.4) is 0 Å². The van der Waals surface area contributed by atoms with Gasteiger partial charge in [0.1, 0.15) is 17.2 Å². The number of benzene rings is 1. The summed E-state index contributed by atoms with van der Waals surface area (Å²) < 4.78 is 31.2. The Labute approximate surface area is 101 Å². The highest BCUT2D eigenvalue weighted by atomic mass is 79.9. The van der Waals surface area contributed by atoms with Gasteiger partial charge in [-0.2, -0.15) is 0 Å². The first kappa shape index (κ1) is 13.1. The molecule has 0 bridgehead atoms. The first-order chi connectivity index (χ1) is 7.20. The summed E-state index contributed by atoms with van der Waals surface area (Å²) in [5.74, 6) is -2.51. The van der Waals surface area contributed by atoms with Crippen molar-refractivity contribution in [3.8, 4) is 0 Å². The summed E-state index contributed by atoms with van der Waals surface area (Å²) in [7, 11) is 0. The van der Waals surface area contributed by atoms with Crippen molar-refractivity contribution in [2.75, 3.05) is 0 Å². The number of rotatable bonds is 1. The lowest BCUT2D eigenvalue weighted by Gasteiger charge is -2.19. The number of carbonyl (C=O) groups is 1. The normalized spacial score (nSPS) is 11.4. The predicted molar refractivity (Wildman–Crippen MR) is 59.2 cm³/mol. The zero-order valence-electron chi connectivity index (χ0n) is 9.11. The Morgan fingerprint density at radius 2 is 1.81 bits per heavy atom. The molecule has 0 spiro atoms. The second kappa shape index (κ2) is 4.49. The first-order valence-electron chi connectivity index (χ1n) is 4.58. The van der Waals surface area contributed by atoms with Crippen molar-refractivity contribution in [1.29, 1.82) is 0 Å². The van der Waals surface area contributed by atoms with E-state index in [0.717, 1.165) is 6.07 Å². The van der Waals surface area contributed by atoms with E-state index in [1.807, 2.05) is 0 Å². The highest BCUT2D eigenvalue weighted by Crippen LogP contribution is 2.22. The summed E-state index contributed by atoms with van der Waals surface area (Å²) in [6, 6.07) is 1.71. The van der Waals surface area contributed by atoms with E-state index in [0.29, 0.717) is 6.07 Å². The molecule has 0 radical (unpaired) electrons. The van der Waals surface area contributed by atoms with Crippen LogP contribution < -0.4 is 0 Å². The highest BCUT2D eigenvalue weighted by molar-refractivity contribution is 9.10. The lowest BCUT2D eigenvalue weighted by molar-refractivity contribution is 0.00645. The number of ether oxygens (including phenoxy) is 1. The third-order valence-electron chi connectivity index (χ3n) is 1.63. The van der Waals surface area contributed by atoms with E-state index in [9.17, 15) is 13.6 Å². The maximum absolute atomic E-state index is 13.3. The van der Waals surface area contributed by atoms with Crippen LogP contribution in [0.5, 0.6) is 0 Å². The minimum atomic E-state index is -0.935. The first-order valence-corrected chi connectivity index (χ1v) is 5.38. The maximum Gasteiger partial charge on any atom is 0.341 e. The van der Waals surface area contributed by atoms with E-state index in [1.165, 1.54) is 0 Å². The van der Waals surface area contributed by atoms with E-state index in [1.54, 1.807) is 20.8 Å². The topological polar surface area (TPSA) is 26.3 Å². The standard InChI is InChI=1S/C11H11BrF2O2/c1-11(2,3)16-10(15)6-4-7(12)9(14)5-8(6)13/h4-5H,1-3H3. The monoisotopic (exact) mass is 292 g/mol. The number of hydrogen-bond donors (Lipinski definition) is 0. The molecular weight excluding hydrogens is 282 g/mol. The van der Waals surface area contributed by atoms with Gasteiger partial charge in [-0.1, -0.05) is 0 Å². The quantitative estimate of drug-likeness (QED) is 0.583. The van der Waals surface area contributed by atoms with Gasteiger partial charge in [-0.3, -0.25) is 0 Å². The molecule has 2 nitrogen and oxygen atoms in total. The summed E-state index contributed by atoms with van der Waals surface area (Å²) in [6.07, 6.45) is 0. The molecule has 0 aliphatic heterocycles. The summed E-state index contributed by atoms with van der Waals surface area (Å²) >= 11 is 2.88. The summed E-state index contributed by atoms with van der Waals surface area (Å²) in [6.45, 7) is 5.00. The van der Waals surface area contributed by atoms with Gasteiger partial charge in [-0.05, 0) is 42.8 Å². The molecule has 0 N–H and O–H groups in total. The molecule has 1 aromatic rings. The van der Waals surface area contributed by atoms with Crippen molar-refractivity contribution in [3.05, 3.63) is 33.8 Å². The molecule has 0 saturated carbocycles. The lowest BCUT2D eigenvalue weighted by Crippen LogP contribution is -2.24. The van der Waals surface area contributed by atoms with Crippen LogP contribution in [0.15, 0.2) is 16.6 Å². The van der Waals surface area contributed by atoms with Crippen LogP contribution in [0, 0.1) is 11.6 Å². The number of carbonyl (C=O) groups excluding carboxylic acids is 1. The third-order valence-corrected chi connectivity index (χ3v) is 2.24. The van der Waals surface area contributed by atoms with Crippen molar-refractivity contribution in [2.45, 2.75) is 26.4 Å². The van der Waals surface area contributed by atoms with Crippen molar-refractivity contribution in [3.63, 3.8) is 0 Å². The van der Waals surface area contributed by atoms with Gasteiger partial charge in [-0.15, -0.1) is 0 Å². The summed E-state index contributed by atoms with van der Waals surface area (Å²) in [5.41, 5.74) is -1.01. The molecule has 0 fully saturated rings. The van der Waals surface area contributed by atoms with Gasteiger partial charge in [0.2, 0.25) is 0 Å².